The van der Waals surface area contributed by atoms with Gasteiger partial charge in [-0.1, -0.05) is 26.7 Å². The Morgan fingerprint density at radius 3 is 1.86 bits per heavy atom. The third-order valence-electron chi connectivity index (χ3n) is 3.35. The molecule has 1 N–H and O–H groups in total. The zero-order chi connectivity index (χ0) is 15.8. The van der Waals surface area contributed by atoms with E-state index in [1.54, 1.807) is 12.1 Å². The minimum atomic E-state index is -0.901. The first-order valence-electron chi connectivity index (χ1n) is 7.57. The molecule has 0 radical (unpaired) electrons. The average Bonchev–Trinajstić information content (AvgIpc) is 2.41. The van der Waals surface area contributed by atoms with Gasteiger partial charge < -0.3 is 9.84 Å². The maximum absolute atomic E-state index is 11.6. The Labute approximate surface area is 126 Å². The van der Waals surface area contributed by atoms with E-state index in [2.05, 4.69) is 13.8 Å². The third kappa shape index (κ3) is 5.21. The number of carbonyl (C=O) groups excluding carboxylic acids is 1. The van der Waals surface area contributed by atoms with Crippen molar-refractivity contribution in [3.63, 3.8) is 0 Å². The average molecular weight is 292 g/mol. The molecular weight excluding hydrogens is 268 g/mol. The molecular formula is C17H24O4. The summed E-state index contributed by atoms with van der Waals surface area (Å²) >= 11 is 0. The third-order valence-corrected chi connectivity index (χ3v) is 3.35. The molecule has 116 valence electrons. The first kappa shape index (κ1) is 17.2. The van der Waals surface area contributed by atoms with Gasteiger partial charge in [0.1, 0.15) is 5.75 Å². The molecule has 0 bridgehead atoms. The molecule has 0 aliphatic rings. The summed E-state index contributed by atoms with van der Waals surface area (Å²) in [6.07, 6.45) is 5.18. The monoisotopic (exact) mass is 292 g/mol. The predicted octanol–water partition coefficient (Wildman–Crippen LogP) is 4.00. The van der Waals surface area contributed by atoms with E-state index in [9.17, 15) is 14.7 Å². The molecule has 0 atom stereocenters. The molecule has 0 aliphatic carbocycles. The second-order valence-corrected chi connectivity index (χ2v) is 5.22. The molecule has 0 saturated heterocycles. The molecule has 1 aromatic rings. The van der Waals surface area contributed by atoms with Gasteiger partial charge in [0.2, 0.25) is 0 Å². The summed E-state index contributed by atoms with van der Waals surface area (Å²) in [5, 5.41) is 9.51. The van der Waals surface area contributed by atoms with Crippen LogP contribution in [-0.4, -0.2) is 17.0 Å². The topological polar surface area (TPSA) is 63.6 Å². The SMILES string of the molecule is CCCCc1cc(OC(C)=O)cc(CCCC)c1C(=O)O. The summed E-state index contributed by atoms with van der Waals surface area (Å²) < 4.78 is 5.16. The Morgan fingerprint density at radius 1 is 1.05 bits per heavy atom. The van der Waals surface area contributed by atoms with Crippen molar-refractivity contribution < 1.29 is 19.4 Å². The highest BCUT2D eigenvalue weighted by Gasteiger charge is 2.17. The molecule has 0 aliphatic heterocycles. The van der Waals surface area contributed by atoms with Crippen molar-refractivity contribution in [1.82, 2.24) is 0 Å². The Balaban J connectivity index is 3.26. The van der Waals surface area contributed by atoms with Crippen LogP contribution in [0, 0.1) is 0 Å². The van der Waals surface area contributed by atoms with E-state index < -0.39 is 5.97 Å². The standard InChI is InChI=1S/C17H24O4/c1-4-6-8-13-10-15(21-12(3)18)11-14(9-7-5-2)16(13)17(19)20/h10-11H,4-9H2,1-3H3,(H,19,20). The lowest BCUT2D eigenvalue weighted by Crippen LogP contribution is -2.10. The van der Waals surface area contributed by atoms with Gasteiger partial charge in [0.05, 0.1) is 5.56 Å². The maximum atomic E-state index is 11.6. The number of benzene rings is 1. The van der Waals surface area contributed by atoms with Crippen LogP contribution in [0.15, 0.2) is 12.1 Å². The van der Waals surface area contributed by atoms with Crippen LogP contribution in [0.25, 0.3) is 0 Å². The van der Waals surface area contributed by atoms with Gasteiger partial charge >= 0.3 is 11.9 Å². The van der Waals surface area contributed by atoms with E-state index in [0.717, 1.165) is 36.8 Å². The van der Waals surface area contributed by atoms with Gasteiger partial charge in [-0.2, -0.15) is 0 Å². The van der Waals surface area contributed by atoms with Gasteiger partial charge in [-0.15, -0.1) is 0 Å². The summed E-state index contributed by atoms with van der Waals surface area (Å²) in [5.74, 6) is -0.841. The van der Waals surface area contributed by atoms with Gasteiger partial charge in [0, 0.05) is 6.92 Å². The van der Waals surface area contributed by atoms with Gasteiger partial charge in [-0.3, -0.25) is 4.79 Å². The number of aromatic carboxylic acids is 1. The van der Waals surface area contributed by atoms with Crippen LogP contribution < -0.4 is 4.74 Å². The number of carboxylic acid groups (broad SMARTS) is 1. The zero-order valence-corrected chi connectivity index (χ0v) is 13.1. The molecule has 0 aromatic heterocycles. The summed E-state index contributed by atoms with van der Waals surface area (Å²) in [6, 6.07) is 3.38. The van der Waals surface area contributed by atoms with E-state index in [1.807, 2.05) is 0 Å². The number of esters is 1. The van der Waals surface area contributed by atoms with Gasteiger partial charge in [-0.25, -0.2) is 4.79 Å². The molecule has 4 heteroatoms. The van der Waals surface area contributed by atoms with Crippen LogP contribution in [-0.2, 0) is 17.6 Å². The second kappa shape index (κ2) is 8.45. The molecule has 1 aromatic carbocycles. The lowest BCUT2D eigenvalue weighted by molar-refractivity contribution is -0.131. The minimum absolute atomic E-state index is 0.382. The van der Waals surface area contributed by atoms with E-state index >= 15 is 0 Å². The van der Waals surface area contributed by atoms with Gasteiger partial charge in [0.25, 0.3) is 0 Å². The van der Waals surface area contributed by atoms with E-state index in [1.165, 1.54) is 6.92 Å². The van der Waals surface area contributed by atoms with Crippen molar-refractivity contribution in [3.8, 4) is 5.75 Å². The van der Waals surface area contributed by atoms with Crippen molar-refractivity contribution in [3.05, 3.63) is 28.8 Å². The Bertz CT molecular complexity index is 477. The van der Waals surface area contributed by atoms with E-state index in [0.29, 0.717) is 24.2 Å². The molecule has 4 nitrogen and oxygen atoms in total. The Morgan fingerprint density at radius 2 is 1.52 bits per heavy atom. The van der Waals surface area contributed by atoms with Crippen LogP contribution in [0.5, 0.6) is 5.75 Å². The first-order valence-corrected chi connectivity index (χ1v) is 7.57. The highest BCUT2D eigenvalue weighted by molar-refractivity contribution is 5.91. The highest BCUT2D eigenvalue weighted by atomic mass is 16.5. The lowest BCUT2D eigenvalue weighted by atomic mass is 9.94. The van der Waals surface area contributed by atoms with Gasteiger partial charge in [-0.05, 0) is 48.9 Å². The molecule has 0 saturated carbocycles. The van der Waals surface area contributed by atoms with Gasteiger partial charge in [0.15, 0.2) is 0 Å². The van der Waals surface area contributed by atoms with Crippen LogP contribution in [0.3, 0.4) is 0 Å². The number of carbonyl (C=O) groups is 2. The van der Waals surface area contributed by atoms with Crippen molar-refractivity contribution in [2.45, 2.75) is 59.3 Å². The Kier molecular flexibility index (Phi) is 6.92. The van der Waals surface area contributed by atoms with E-state index in [4.69, 9.17) is 4.74 Å². The molecule has 1 rings (SSSR count). The zero-order valence-electron chi connectivity index (χ0n) is 13.1. The quantitative estimate of drug-likeness (QED) is 0.581. The van der Waals surface area contributed by atoms with E-state index in [-0.39, 0.29) is 5.97 Å². The number of hydrogen-bond donors (Lipinski definition) is 1. The van der Waals surface area contributed by atoms with Crippen molar-refractivity contribution >= 4 is 11.9 Å². The smallest absolute Gasteiger partial charge is 0.336 e. The molecule has 0 fully saturated rings. The molecule has 0 heterocycles. The van der Waals surface area contributed by atoms with Crippen molar-refractivity contribution in [1.29, 1.82) is 0 Å². The van der Waals surface area contributed by atoms with Crippen LogP contribution >= 0.6 is 0 Å². The summed E-state index contributed by atoms with van der Waals surface area (Å²) in [6.45, 7) is 5.48. The highest BCUT2D eigenvalue weighted by Crippen LogP contribution is 2.26. The second-order valence-electron chi connectivity index (χ2n) is 5.22. The van der Waals surface area contributed by atoms with Crippen LogP contribution in [0.1, 0.15) is 67.9 Å². The largest absolute Gasteiger partial charge is 0.478 e. The molecule has 0 unspecified atom stereocenters. The van der Waals surface area contributed by atoms with Crippen molar-refractivity contribution in [2.75, 3.05) is 0 Å². The summed E-state index contributed by atoms with van der Waals surface area (Å²) in [5.41, 5.74) is 1.90. The molecule has 21 heavy (non-hydrogen) atoms. The number of hydrogen-bond acceptors (Lipinski definition) is 3. The number of ether oxygens (including phenoxy) is 1. The predicted molar refractivity (Wildman–Crippen MR) is 81.9 cm³/mol. The fourth-order valence-corrected chi connectivity index (χ4v) is 2.36. The van der Waals surface area contributed by atoms with Crippen LogP contribution in [0.4, 0.5) is 0 Å². The number of carboxylic acids is 1. The fraction of sp³-hybridized carbons (Fsp3) is 0.529. The summed E-state index contributed by atoms with van der Waals surface area (Å²) in [4.78, 5) is 22.7. The molecule has 0 spiro atoms. The Hall–Kier alpha value is -1.84. The normalized spacial score (nSPS) is 10.4. The summed E-state index contributed by atoms with van der Waals surface area (Å²) in [7, 11) is 0. The number of aryl methyl sites for hydroxylation is 2. The lowest BCUT2D eigenvalue weighted by Gasteiger charge is -2.14. The minimum Gasteiger partial charge on any atom is -0.478 e. The van der Waals surface area contributed by atoms with Crippen LogP contribution in [0.2, 0.25) is 0 Å². The molecule has 0 amide bonds. The maximum Gasteiger partial charge on any atom is 0.336 e. The fourth-order valence-electron chi connectivity index (χ4n) is 2.36. The number of rotatable bonds is 8. The first-order chi connectivity index (χ1) is 9.99. The number of unbranched alkanes of at least 4 members (excludes halogenated alkanes) is 2. The van der Waals surface area contributed by atoms with Crippen molar-refractivity contribution in [2.24, 2.45) is 0 Å².